The van der Waals surface area contributed by atoms with Crippen molar-refractivity contribution >= 4 is 8.30 Å². The summed E-state index contributed by atoms with van der Waals surface area (Å²) in [5, 5.41) is 9.67. The van der Waals surface area contributed by atoms with Crippen LogP contribution in [0.15, 0.2) is 94.6 Å². The number of hydrogen-bond acceptors (Lipinski definition) is 10. The Morgan fingerprint density at radius 2 is 1.52 bits per heavy atom. The minimum atomic E-state index is -1.33. The highest BCUT2D eigenvalue weighted by Gasteiger charge is 2.65. The molecule has 1 unspecified atom stereocenters. The number of aryl methyl sites for hydroxylation is 1. The number of rotatable bonds is 16. The van der Waals surface area contributed by atoms with E-state index in [9.17, 15) is 14.9 Å². The predicted octanol–water partition coefficient (Wildman–Crippen LogP) is 6.27. The van der Waals surface area contributed by atoms with Gasteiger partial charge in [0.25, 0.3) is 5.56 Å². The van der Waals surface area contributed by atoms with Crippen molar-refractivity contribution in [1.29, 1.82) is 5.26 Å². The van der Waals surface area contributed by atoms with Crippen molar-refractivity contribution in [2.24, 2.45) is 0 Å². The number of nitrogens with zero attached hydrogens (tertiary/aromatic N) is 3. The average Bonchev–Trinajstić information content (AvgIpc) is 3.67. The minimum absolute atomic E-state index is 0.0144. The normalized spacial score (nSPS) is 21.5. The van der Waals surface area contributed by atoms with Crippen LogP contribution in [0.25, 0.3) is 0 Å². The molecule has 0 radical (unpaired) electrons. The van der Waals surface area contributed by atoms with Crippen LogP contribution in [0.2, 0.25) is 0 Å². The molecule has 0 saturated carbocycles. The van der Waals surface area contributed by atoms with Gasteiger partial charge in [0.1, 0.15) is 43.2 Å². The molecule has 1 N–H and O–H groups in total. The first-order valence-electron chi connectivity index (χ1n) is 18.2. The van der Waals surface area contributed by atoms with Gasteiger partial charge in [0, 0.05) is 36.4 Å². The Morgan fingerprint density at radius 3 is 2.06 bits per heavy atom. The van der Waals surface area contributed by atoms with Gasteiger partial charge in [-0.15, -0.1) is 0 Å². The summed E-state index contributed by atoms with van der Waals surface area (Å²) in [4.78, 5) is 28.2. The molecule has 5 atom stereocenters. The maximum atomic E-state index is 13.3. The Hall–Kier alpha value is -4.34. The monoisotopic (exact) mass is 756 g/mol. The van der Waals surface area contributed by atoms with E-state index in [0.717, 1.165) is 16.7 Å². The zero-order chi connectivity index (χ0) is 38.6. The van der Waals surface area contributed by atoms with Crippen LogP contribution in [0, 0.1) is 18.3 Å². The third-order valence-electron chi connectivity index (χ3n) is 10.1. The number of nitriles is 1. The minimum Gasteiger partial charge on any atom is -0.497 e. The van der Waals surface area contributed by atoms with E-state index in [1.807, 2.05) is 78.9 Å². The second-order valence-electron chi connectivity index (χ2n) is 14.2. The molecule has 1 aromatic heterocycles. The fourth-order valence-corrected chi connectivity index (χ4v) is 9.91. The second-order valence-corrected chi connectivity index (χ2v) is 16.0. The fraction of sp³-hybridized carbons (Fsp3) is 0.439. The molecule has 12 nitrogen and oxygen atoms in total. The van der Waals surface area contributed by atoms with Crippen LogP contribution in [0.5, 0.6) is 11.5 Å². The molecule has 2 bridgehead atoms. The zero-order valence-electron chi connectivity index (χ0n) is 31.9. The summed E-state index contributed by atoms with van der Waals surface area (Å²) in [5.74, 6) is 1.40. The molecule has 3 aromatic carbocycles. The summed E-state index contributed by atoms with van der Waals surface area (Å²) in [6.45, 7) is 10.2. The molecule has 286 valence electrons. The molecule has 2 saturated heterocycles. The molecule has 0 aliphatic carbocycles. The number of methoxy groups -OCH3 is 2. The van der Waals surface area contributed by atoms with Crippen LogP contribution in [-0.2, 0) is 24.3 Å². The van der Waals surface area contributed by atoms with E-state index >= 15 is 0 Å². The van der Waals surface area contributed by atoms with E-state index in [4.69, 9.17) is 28.2 Å². The largest absolute Gasteiger partial charge is 0.497 e. The molecule has 2 aliphatic heterocycles. The van der Waals surface area contributed by atoms with Crippen molar-refractivity contribution in [3.63, 3.8) is 0 Å². The lowest BCUT2D eigenvalue weighted by molar-refractivity contribution is -0.203. The van der Waals surface area contributed by atoms with E-state index in [0.29, 0.717) is 29.6 Å². The van der Waals surface area contributed by atoms with Gasteiger partial charge in [-0.2, -0.15) is 5.26 Å². The number of nitrogens with one attached hydrogen (secondary N) is 1. The summed E-state index contributed by atoms with van der Waals surface area (Å²) in [6, 6.07) is 28.1. The molecule has 3 heterocycles. The van der Waals surface area contributed by atoms with Gasteiger partial charge in [-0.05, 0) is 75.6 Å². The SMILES string of the molecule is COc1ccc(C(OC[C@@]23CO[C@H]([C@H](n4cc(C)c(=O)[nH]c4=O)O2)[C@H]3OP(CCC#N)N(C(C)C)C(C)C)(c2ccccc2)c2ccc(OC)cc2)cc1. The molecule has 0 amide bonds. The summed E-state index contributed by atoms with van der Waals surface area (Å²) < 4.78 is 42.8. The smallest absolute Gasteiger partial charge is 0.330 e. The lowest BCUT2D eigenvalue weighted by atomic mass is 9.79. The zero-order valence-corrected chi connectivity index (χ0v) is 32.7. The Bertz CT molecular complexity index is 1970. The van der Waals surface area contributed by atoms with Gasteiger partial charge in [-0.1, -0.05) is 54.6 Å². The summed E-state index contributed by atoms with van der Waals surface area (Å²) in [7, 11) is 1.93. The van der Waals surface area contributed by atoms with Gasteiger partial charge in [0.2, 0.25) is 0 Å². The van der Waals surface area contributed by atoms with Crippen molar-refractivity contribution in [1.82, 2.24) is 14.2 Å². The number of benzene rings is 3. The molecule has 4 aromatic rings. The van der Waals surface area contributed by atoms with Gasteiger partial charge >= 0.3 is 5.69 Å². The highest BCUT2D eigenvalue weighted by atomic mass is 31.2. The Balaban J connectivity index is 1.50. The Morgan fingerprint density at radius 1 is 0.944 bits per heavy atom. The lowest BCUT2D eigenvalue weighted by Gasteiger charge is -2.42. The van der Waals surface area contributed by atoms with Gasteiger partial charge in [0.05, 0.1) is 33.5 Å². The molecular formula is C41H49N4O8P. The first kappa shape index (κ1) is 39.4. The van der Waals surface area contributed by atoms with E-state index in [1.54, 1.807) is 21.1 Å². The number of aromatic amines is 1. The Labute approximate surface area is 317 Å². The number of ether oxygens (including phenoxy) is 5. The van der Waals surface area contributed by atoms with Crippen LogP contribution in [0.1, 0.15) is 62.6 Å². The van der Waals surface area contributed by atoms with Crippen LogP contribution in [0.3, 0.4) is 0 Å². The van der Waals surface area contributed by atoms with E-state index in [1.165, 1.54) is 10.8 Å². The van der Waals surface area contributed by atoms with E-state index in [2.05, 4.69) is 43.4 Å². The molecule has 2 aliphatic rings. The summed E-state index contributed by atoms with van der Waals surface area (Å²) >= 11 is 0. The number of hydrogen-bond donors (Lipinski definition) is 1. The topological polar surface area (TPSA) is 137 Å². The number of aromatic nitrogens is 2. The third kappa shape index (κ3) is 7.50. The van der Waals surface area contributed by atoms with Crippen LogP contribution < -0.4 is 20.7 Å². The van der Waals surface area contributed by atoms with Crippen molar-refractivity contribution in [2.75, 3.05) is 33.6 Å². The van der Waals surface area contributed by atoms with Gasteiger partial charge in [-0.3, -0.25) is 19.0 Å². The molecule has 2 fully saturated rings. The second kappa shape index (κ2) is 16.6. The predicted molar refractivity (Wildman–Crippen MR) is 206 cm³/mol. The number of fused-ring (bicyclic) bond motifs is 2. The van der Waals surface area contributed by atoms with Gasteiger partial charge in [0.15, 0.2) is 6.23 Å². The van der Waals surface area contributed by atoms with Gasteiger partial charge < -0.3 is 28.2 Å². The maximum Gasteiger partial charge on any atom is 0.330 e. The first-order chi connectivity index (χ1) is 26.0. The van der Waals surface area contributed by atoms with Crippen molar-refractivity contribution < 1.29 is 28.2 Å². The van der Waals surface area contributed by atoms with Crippen molar-refractivity contribution in [3.8, 4) is 17.6 Å². The van der Waals surface area contributed by atoms with Crippen LogP contribution in [0.4, 0.5) is 0 Å². The highest BCUT2D eigenvalue weighted by Crippen LogP contribution is 2.55. The van der Waals surface area contributed by atoms with Crippen LogP contribution in [-0.4, -0.2) is 77.7 Å². The van der Waals surface area contributed by atoms with Gasteiger partial charge in [-0.25, -0.2) is 4.79 Å². The Kier molecular flexibility index (Phi) is 12.1. The fourth-order valence-electron chi connectivity index (χ4n) is 7.57. The van der Waals surface area contributed by atoms with Crippen LogP contribution >= 0.6 is 8.30 Å². The third-order valence-corrected chi connectivity index (χ3v) is 12.6. The van der Waals surface area contributed by atoms with E-state index in [-0.39, 0.29) is 25.3 Å². The molecule has 0 spiro atoms. The van der Waals surface area contributed by atoms with E-state index < -0.39 is 49.2 Å². The molecular weight excluding hydrogens is 707 g/mol. The lowest BCUT2D eigenvalue weighted by Crippen LogP contribution is -2.49. The standard InChI is InChI=1S/C41H49N4O8P/c1-27(2)45(28(3)4)54(23-11-22-42)53-36-35-38(44-24-29(5)37(46)43-39(44)47)52-40(36,25-50-35)26-51-41(30-12-9-8-10-13-30,31-14-18-33(48-6)19-15-31)32-16-20-34(49-7)21-17-32/h8-10,12-21,24,27-28,35-36,38H,11,23,25-26H2,1-7H3,(H,43,46,47)/t35-,36+,38+,40+,54?/m0/s1. The van der Waals surface area contributed by atoms with Crippen molar-refractivity contribution in [2.45, 2.75) is 82.8 Å². The average molecular weight is 757 g/mol. The number of H-pyrrole nitrogens is 1. The quantitative estimate of drug-likeness (QED) is 0.103. The highest BCUT2D eigenvalue weighted by molar-refractivity contribution is 7.50. The molecule has 13 heteroatoms. The first-order valence-corrected chi connectivity index (χ1v) is 19.6. The maximum absolute atomic E-state index is 13.3. The van der Waals surface area contributed by atoms with Crippen molar-refractivity contribution in [3.05, 3.63) is 128 Å². The molecule has 54 heavy (non-hydrogen) atoms. The summed E-state index contributed by atoms with van der Waals surface area (Å²) in [6.07, 6.45) is -0.0425. The summed E-state index contributed by atoms with van der Waals surface area (Å²) in [5.41, 5.74) is -0.554. The molecule has 6 rings (SSSR count).